The number of rotatable bonds is 5. The molecule has 0 radical (unpaired) electrons. The van der Waals surface area contributed by atoms with E-state index in [1.807, 2.05) is 6.07 Å². The average molecular weight is 273 g/mol. The van der Waals surface area contributed by atoms with Gasteiger partial charge in [-0.3, -0.25) is 0 Å². The molecule has 2 aromatic rings. The minimum Gasteiger partial charge on any atom is -0.118 e. The molecule has 0 fully saturated rings. The van der Waals surface area contributed by atoms with Crippen molar-refractivity contribution in [3.63, 3.8) is 0 Å². The van der Waals surface area contributed by atoms with Crippen molar-refractivity contribution in [1.29, 1.82) is 0 Å². The van der Waals surface area contributed by atoms with E-state index in [4.69, 9.17) is 11.6 Å². The first-order valence-electron chi connectivity index (χ1n) is 6.91. The molecule has 0 spiro atoms. The standard InChI is InChI=1S/C18H21Cl/c1-14-11-15(2)13-16(12-14)7-6-10-18(19)17-8-4-3-5-9-17/h3-5,8-9,11-13,18H,6-7,10H2,1-2H3. The van der Waals surface area contributed by atoms with E-state index in [2.05, 4.69) is 56.3 Å². The molecular formula is C18H21Cl. The Morgan fingerprint density at radius 2 is 1.58 bits per heavy atom. The normalized spacial score (nSPS) is 12.4. The lowest BCUT2D eigenvalue weighted by Gasteiger charge is -2.10. The zero-order valence-electron chi connectivity index (χ0n) is 11.7. The zero-order valence-corrected chi connectivity index (χ0v) is 12.5. The molecule has 0 nitrogen and oxygen atoms in total. The van der Waals surface area contributed by atoms with Gasteiger partial charge >= 0.3 is 0 Å². The summed E-state index contributed by atoms with van der Waals surface area (Å²) in [4.78, 5) is 0. The maximum absolute atomic E-state index is 6.43. The number of hydrogen-bond donors (Lipinski definition) is 0. The first-order valence-corrected chi connectivity index (χ1v) is 7.35. The Labute approximate surface area is 121 Å². The molecule has 1 unspecified atom stereocenters. The van der Waals surface area contributed by atoms with Gasteiger partial charge in [-0.05, 0) is 44.2 Å². The molecule has 100 valence electrons. The molecule has 1 atom stereocenters. The summed E-state index contributed by atoms with van der Waals surface area (Å²) < 4.78 is 0. The summed E-state index contributed by atoms with van der Waals surface area (Å²) >= 11 is 6.43. The first kappa shape index (κ1) is 14.1. The smallest absolute Gasteiger partial charge is 0.0585 e. The number of halogens is 1. The van der Waals surface area contributed by atoms with Crippen LogP contribution in [0.2, 0.25) is 0 Å². The maximum Gasteiger partial charge on any atom is 0.0585 e. The predicted molar refractivity (Wildman–Crippen MR) is 83.9 cm³/mol. The van der Waals surface area contributed by atoms with Crippen LogP contribution in [0, 0.1) is 13.8 Å². The fraction of sp³-hybridized carbons (Fsp3) is 0.333. The minimum absolute atomic E-state index is 0.132. The Balaban J connectivity index is 1.86. The highest BCUT2D eigenvalue weighted by atomic mass is 35.5. The minimum atomic E-state index is 0.132. The van der Waals surface area contributed by atoms with Gasteiger partial charge in [-0.1, -0.05) is 59.7 Å². The highest BCUT2D eigenvalue weighted by molar-refractivity contribution is 6.20. The van der Waals surface area contributed by atoms with Gasteiger partial charge < -0.3 is 0 Å². The van der Waals surface area contributed by atoms with E-state index in [0.717, 1.165) is 19.3 Å². The molecule has 0 aliphatic rings. The monoisotopic (exact) mass is 272 g/mol. The Morgan fingerprint density at radius 3 is 2.21 bits per heavy atom. The fourth-order valence-corrected chi connectivity index (χ4v) is 2.83. The van der Waals surface area contributed by atoms with Crippen LogP contribution in [0.15, 0.2) is 48.5 Å². The van der Waals surface area contributed by atoms with Crippen LogP contribution in [0.4, 0.5) is 0 Å². The zero-order chi connectivity index (χ0) is 13.7. The molecule has 0 N–H and O–H groups in total. The van der Waals surface area contributed by atoms with E-state index in [1.54, 1.807) is 0 Å². The summed E-state index contributed by atoms with van der Waals surface area (Å²) in [6, 6.07) is 17.1. The summed E-state index contributed by atoms with van der Waals surface area (Å²) in [6.45, 7) is 4.32. The van der Waals surface area contributed by atoms with Crippen LogP contribution in [-0.2, 0) is 6.42 Å². The van der Waals surface area contributed by atoms with Gasteiger partial charge in [0.05, 0.1) is 5.38 Å². The lowest BCUT2D eigenvalue weighted by atomic mass is 10.0. The van der Waals surface area contributed by atoms with E-state index >= 15 is 0 Å². The van der Waals surface area contributed by atoms with Crippen molar-refractivity contribution in [2.24, 2.45) is 0 Å². The lowest BCUT2D eigenvalue weighted by Crippen LogP contribution is -1.93. The van der Waals surface area contributed by atoms with Gasteiger partial charge in [-0.25, -0.2) is 0 Å². The van der Waals surface area contributed by atoms with E-state index in [-0.39, 0.29) is 5.38 Å². The number of hydrogen-bond acceptors (Lipinski definition) is 0. The van der Waals surface area contributed by atoms with Crippen molar-refractivity contribution < 1.29 is 0 Å². The number of alkyl halides is 1. The molecule has 0 amide bonds. The Hall–Kier alpha value is -1.27. The van der Waals surface area contributed by atoms with Crippen LogP contribution in [0.5, 0.6) is 0 Å². The van der Waals surface area contributed by atoms with E-state index in [1.165, 1.54) is 22.3 Å². The molecule has 19 heavy (non-hydrogen) atoms. The summed E-state index contributed by atoms with van der Waals surface area (Å²) in [6.07, 6.45) is 3.27. The highest BCUT2D eigenvalue weighted by Crippen LogP contribution is 2.26. The predicted octanol–water partition coefficient (Wildman–Crippen LogP) is 5.61. The van der Waals surface area contributed by atoms with Gasteiger partial charge in [-0.15, -0.1) is 11.6 Å². The molecule has 0 aliphatic heterocycles. The summed E-state index contributed by atoms with van der Waals surface area (Å²) in [5, 5.41) is 0.132. The second kappa shape index (κ2) is 6.77. The van der Waals surface area contributed by atoms with Gasteiger partial charge in [0.25, 0.3) is 0 Å². The van der Waals surface area contributed by atoms with E-state index in [0.29, 0.717) is 0 Å². The molecule has 0 aliphatic carbocycles. The van der Waals surface area contributed by atoms with Crippen LogP contribution in [-0.4, -0.2) is 0 Å². The topological polar surface area (TPSA) is 0 Å². The van der Waals surface area contributed by atoms with E-state index < -0.39 is 0 Å². The van der Waals surface area contributed by atoms with Gasteiger partial charge in [0.15, 0.2) is 0 Å². The second-order valence-corrected chi connectivity index (χ2v) is 5.79. The number of benzene rings is 2. The highest BCUT2D eigenvalue weighted by Gasteiger charge is 2.07. The van der Waals surface area contributed by atoms with Crippen LogP contribution in [0.25, 0.3) is 0 Å². The van der Waals surface area contributed by atoms with Crippen molar-refractivity contribution >= 4 is 11.6 Å². The SMILES string of the molecule is Cc1cc(C)cc(CCCC(Cl)c2ccccc2)c1. The van der Waals surface area contributed by atoms with Gasteiger partial charge in [0.2, 0.25) is 0 Å². The number of aryl methyl sites for hydroxylation is 3. The van der Waals surface area contributed by atoms with Crippen molar-refractivity contribution in [3.8, 4) is 0 Å². The molecule has 1 heteroatoms. The second-order valence-electron chi connectivity index (χ2n) is 5.27. The fourth-order valence-electron chi connectivity index (χ4n) is 2.53. The molecule has 2 aromatic carbocycles. The maximum atomic E-state index is 6.43. The molecule has 2 rings (SSSR count). The van der Waals surface area contributed by atoms with Crippen molar-refractivity contribution in [3.05, 3.63) is 70.8 Å². The van der Waals surface area contributed by atoms with E-state index in [9.17, 15) is 0 Å². The van der Waals surface area contributed by atoms with Gasteiger partial charge in [0.1, 0.15) is 0 Å². The van der Waals surface area contributed by atoms with Crippen LogP contribution < -0.4 is 0 Å². The molecule has 0 saturated heterocycles. The van der Waals surface area contributed by atoms with Crippen molar-refractivity contribution in [1.82, 2.24) is 0 Å². The third kappa shape index (κ3) is 4.40. The molecule has 0 heterocycles. The Morgan fingerprint density at radius 1 is 0.947 bits per heavy atom. The van der Waals surface area contributed by atoms with Crippen LogP contribution in [0.3, 0.4) is 0 Å². The van der Waals surface area contributed by atoms with Crippen molar-refractivity contribution in [2.75, 3.05) is 0 Å². The third-order valence-electron chi connectivity index (χ3n) is 3.37. The van der Waals surface area contributed by atoms with Crippen molar-refractivity contribution in [2.45, 2.75) is 38.5 Å². The quantitative estimate of drug-likeness (QED) is 0.621. The summed E-state index contributed by atoms with van der Waals surface area (Å²) in [5.41, 5.74) is 5.35. The molecule has 0 saturated carbocycles. The first-order chi connectivity index (χ1) is 9.15. The molecular weight excluding hydrogens is 252 g/mol. The largest absolute Gasteiger partial charge is 0.118 e. The molecule has 0 bridgehead atoms. The van der Waals surface area contributed by atoms with Crippen LogP contribution in [0.1, 0.15) is 40.5 Å². The summed E-state index contributed by atoms with van der Waals surface area (Å²) in [7, 11) is 0. The van der Waals surface area contributed by atoms with Gasteiger partial charge in [0, 0.05) is 0 Å². The molecule has 0 aromatic heterocycles. The average Bonchev–Trinajstić information content (AvgIpc) is 2.38. The van der Waals surface area contributed by atoms with Crippen LogP contribution >= 0.6 is 11.6 Å². The summed E-state index contributed by atoms with van der Waals surface area (Å²) in [5.74, 6) is 0. The Bertz CT molecular complexity index is 496. The van der Waals surface area contributed by atoms with Gasteiger partial charge in [-0.2, -0.15) is 0 Å². The Kier molecular flexibility index (Phi) is 5.04. The third-order valence-corrected chi connectivity index (χ3v) is 3.84. The lowest BCUT2D eigenvalue weighted by molar-refractivity contribution is 0.715.